The van der Waals surface area contributed by atoms with Gasteiger partial charge in [-0.15, -0.1) is 0 Å². The van der Waals surface area contributed by atoms with Crippen molar-refractivity contribution in [1.82, 2.24) is 9.78 Å². The molecule has 154 valence electrons. The van der Waals surface area contributed by atoms with Crippen LogP contribution in [0.5, 0.6) is 0 Å². The minimum atomic E-state index is -0.108. The minimum absolute atomic E-state index is 0.108. The summed E-state index contributed by atoms with van der Waals surface area (Å²) in [6.07, 6.45) is 5.64. The molecule has 0 unspecified atom stereocenters. The highest BCUT2D eigenvalue weighted by atomic mass is 35.5. The number of halogens is 1. The van der Waals surface area contributed by atoms with Gasteiger partial charge in [-0.3, -0.25) is 4.79 Å². The number of aromatic nitrogens is 2. The molecule has 4 heteroatoms. The number of benzene rings is 2. The summed E-state index contributed by atoms with van der Waals surface area (Å²) >= 11 is 5.96. The van der Waals surface area contributed by atoms with Crippen molar-refractivity contribution in [2.24, 2.45) is 5.92 Å². The molecule has 2 aromatic carbocycles. The predicted molar refractivity (Wildman–Crippen MR) is 124 cm³/mol. The standard InChI is InChI=1S/C26H27ClN2O/c1-17(2)22-15-9-18(3)24-25(20-7-5-4-6-8-20)28-29(26(22)24)23(30)16-12-19-10-13-21(27)14-11-19/h4-8,10-14,16-18,22H,9,15H2,1-3H3/b16-12-/t18-,22-/m1/s1. The van der Waals surface area contributed by atoms with E-state index in [1.54, 1.807) is 10.8 Å². The molecule has 0 fully saturated rings. The molecule has 3 aromatic rings. The summed E-state index contributed by atoms with van der Waals surface area (Å²) < 4.78 is 1.66. The summed E-state index contributed by atoms with van der Waals surface area (Å²) in [5, 5.41) is 5.55. The molecule has 30 heavy (non-hydrogen) atoms. The molecule has 1 aliphatic carbocycles. The number of rotatable bonds is 4. The van der Waals surface area contributed by atoms with Gasteiger partial charge in [-0.25, -0.2) is 4.68 Å². The molecule has 3 nitrogen and oxygen atoms in total. The summed E-state index contributed by atoms with van der Waals surface area (Å²) in [4.78, 5) is 13.3. The number of nitrogens with zero attached hydrogens (tertiary/aromatic N) is 2. The molecule has 1 heterocycles. The summed E-state index contributed by atoms with van der Waals surface area (Å²) in [5.41, 5.74) is 5.27. The Labute approximate surface area is 183 Å². The average Bonchev–Trinajstić information content (AvgIpc) is 3.15. The monoisotopic (exact) mass is 418 g/mol. The molecule has 0 bridgehead atoms. The van der Waals surface area contributed by atoms with E-state index >= 15 is 0 Å². The van der Waals surface area contributed by atoms with Crippen LogP contribution in [0.2, 0.25) is 5.02 Å². The molecule has 0 N–H and O–H groups in total. The molecule has 0 saturated heterocycles. The third kappa shape index (κ3) is 3.99. The van der Waals surface area contributed by atoms with Gasteiger partial charge in [0.25, 0.3) is 5.91 Å². The largest absolute Gasteiger partial charge is 0.271 e. The predicted octanol–water partition coefficient (Wildman–Crippen LogP) is 7.19. The van der Waals surface area contributed by atoms with E-state index in [0.29, 0.717) is 22.8 Å². The molecular weight excluding hydrogens is 392 g/mol. The Hall–Kier alpha value is -2.65. The Balaban J connectivity index is 1.80. The first-order valence-corrected chi connectivity index (χ1v) is 11.0. The number of allylic oxidation sites excluding steroid dienone is 1. The van der Waals surface area contributed by atoms with E-state index < -0.39 is 0 Å². The van der Waals surface area contributed by atoms with E-state index in [1.807, 2.05) is 48.5 Å². The van der Waals surface area contributed by atoms with Gasteiger partial charge in [0, 0.05) is 28.1 Å². The Morgan fingerprint density at radius 2 is 1.80 bits per heavy atom. The Kier molecular flexibility index (Phi) is 5.92. The fraction of sp³-hybridized carbons (Fsp3) is 0.308. The Bertz CT molecular complexity index is 1060. The molecule has 0 spiro atoms. The summed E-state index contributed by atoms with van der Waals surface area (Å²) in [6.45, 7) is 6.72. The van der Waals surface area contributed by atoms with Gasteiger partial charge in [-0.1, -0.05) is 74.8 Å². The minimum Gasteiger partial charge on any atom is -0.267 e. The van der Waals surface area contributed by atoms with Gasteiger partial charge in [0.15, 0.2) is 0 Å². The van der Waals surface area contributed by atoms with Crippen LogP contribution in [-0.4, -0.2) is 15.7 Å². The van der Waals surface area contributed by atoms with Gasteiger partial charge in [-0.2, -0.15) is 5.10 Å². The highest BCUT2D eigenvalue weighted by Gasteiger charge is 2.35. The van der Waals surface area contributed by atoms with Crippen LogP contribution in [0.25, 0.3) is 17.3 Å². The zero-order valence-corrected chi connectivity index (χ0v) is 18.4. The maximum Gasteiger partial charge on any atom is 0.271 e. The van der Waals surface area contributed by atoms with Crippen molar-refractivity contribution in [2.45, 2.75) is 45.4 Å². The molecule has 0 radical (unpaired) electrons. The van der Waals surface area contributed by atoms with Crippen molar-refractivity contribution in [3.63, 3.8) is 0 Å². The maximum absolute atomic E-state index is 13.3. The van der Waals surface area contributed by atoms with Gasteiger partial charge < -0.3 is 0 Å². The Morgan fingerprint density at radius 3 is 2.47 bits per heavy atom. The summed E-state index contributed by atoms with van der Waals surface area (Å²) in [6, 6.07) is 17.7. The van der Waals surface area contributed by atoms with Crippen LogP contribution in [0.1, 0.15) is 67.1 Å². The zero-order chi connectivity index (χ0) is 21.3. The summed E-state index contributed by atoms with van der Waals surface area (Å²) in [7, 11) is 0. The van der Waals surface area contributed by atoms with E-state index in [0.717, 1.165) is 35.4 Å². The van der Waals surface area contributed by atoms with Gasteiger partial charge in [0.1, 0.15) is 0 Å². The number of fused-ring (bicyclic) bond motifs is 1. The van der Waals surface area contributed by atoms with Gasteiger partial charge in [0.2, 0.25) is 0 Å². The lowest BCUT2D eigenvalue weighted by molar-refractivity contribution is 0.0947. The van der Waals surface area contributed by atoms with Gasteiger partial charge in [0.05, 0.1) is 11.4 Å². The first-order valence-electron chi connectivity index (χ1n) is 10.6. The van der Waals surface area contributed by atoms with Crippen LogP contribution in [0, 0.1) is 5.92 Å². The van der Waals surface area contributed by atoms with E-state index in [4.69, 9.17) is 16.7 Å². The SMILES string of the molecule is CC(C)[C@H]1CC[C@@H](C)c2c(-c3ccccc3)nn(C(=O)/C=C\c3ccc(Cl)cc3)c21. The number of carbonyl (C=O) groups excluding carboxylic acids is 1. The molecule has 1 aliphatic rings. The molecule has 4 rings (SSSR count). The third-order valence-corrected chi connectivity index (χ3v) is 6.32. The Morgan fingerprint density at radius 1 is 1.10 bits per heavy atom. The lowest BCUT2D eigenvalue weighted by atomic mass is 9.75. The van der Waals surface area contributed by atoms with Crippen LogP contribution in [0.3, 0.4) is 0 Å². The number of carbonyl (C=O) groups is 1. The van der Waals surface area contributed by atoms with Crippen molar-refractivity contribution in [1.29, 1.82) is 0 Å². The average molecular weight is 419 g/mol. The van der Waals surface area contributed by atoms with E-state index in [1.165, 1.54) is 5.56 Å². The van der Waals surface area contributed by atoms with E-state index in [2.05, 4.69) is 32.9 Å². The maximum atomic E-state index is 13.3. The smallest absolute Gasteiger partial charge is 0.267 e. The van der Waals surface area contributed by atoms with Crippen molar-refractivity contribution >= 4 is 23.6 Å². The van der Waals surface area contributed by atoms with E-state index in [-0.39, 0.29) is 5.91 Å². The van der Waals surface area contributed by atoms with Crippen molar-refractivity contribution in [2.75, 3.05) is 0 Å². The lowest BCUT2D eigenvalue weighted by Gasteiger charge is -2.30. The fourth-order valence-electron chi connectivity index (χ4n) is 4.43. The third-order valence-electron chi connectivity index (χ3n) is 6.06. The first kappa shape index (κ1) is 20.6. The van der Waals surface area contributed by atoms with Crippen LogP contribution in [-0.2, 0) is 0 Å². The second-order valence-corrected chi connectivity index (χ2v) is 8.91. The fourth-order valence-corrected chi connectivity index (χ4v) is 4.56. The number of hydrogen-bond acceptors (Lipinski definition) is 2. The summed E-state index contributed by atoms with van der Waals surface area (Å²) in [5.74, 6) is 1.05. The molecule has 0 aliphatic heterocycles. The first-order chi connectivity index (χ1) is 14.5. The molecule has 0 saturated carbocycles. The van der Waals surface area contributed by atoms with Crippen molar-refractivity contribution in [3.8, 4) is 11.3 Å². The number of hydrogen-bond donors (Lipinski definition) is 0. The van der Waals surface area contributed by atoms with Gasteiger partial charge >= 0.3 is 0 Å². The van der Waals surface area contributed by atoms with Crippen molar-refractivity contribution < 1.29 is 4.79 Å². The van der Waals surface area contributed by atoms with Gasteiger partial charge in [-0.05, 0) is 48.4 Å². The quantitative estimate of drug-likeness (QED) is 0.420. The second-order valence-electron chi connectivity index (χ2n) is 8.48. The zero-order valence-electron chi connectivity index (χ0n) is 17.7. The molecule has 1 aromatic heterocycles. The molecule has 2 atom stereocenters. The highest BCUT2D eigenvalue weighted by Crippen LogP contribution is 2.46. The topological polar surface area (TPSA) is 34.9 Å². The van der Waals surface area contributed by atoms with Crippen molar-refractivity contribution in [3.05, 3.63) is 82.5 Å². The second kappa shape index (κ2) is 8.61. The molecule has 0 amide bonds. The molecular formula is C26H27ClN2O. The van der Waals surface area contributed by atoms with Crippen LogP contribution in [0.15, 0.2) is 60.7 Å². The van der Waals surface area contributed by atoms with Crippen LogP contribution < -0.4 is 0 Å². The highest BCUT2D eigenvalue weighted by molar-refractivity contribution is 6.30. The van der Waals surface area contributed by atoms with Crippen LogP contribution >= 0.6 is 11.6 Å². The van der Waals surface area contributed by atoms with E-state index in [9.17, 15) is 4.79 Å². The normalized spacial score (nSPS) is 18.7. The van der Waals surface area contributed by atoms with Crippen LogP contribution in [0.4, 0.5) is 0 Å². The lowest BCUT2D eigenvalue weighted by Crippen LogP contribution is -2.23.